The molecule has 18 heavy (non-hydrogen) atoms. The van der Waals surface area contributed by atoms with Crippen LogP contribution in [0.3, 0.4) is 0 Å². The highest BCUT2D eigenvalue weighted by atomic mass is 16.6. The van der Waals surface area contributed by atoms with Crippen LogP contribution in [0.25, 0.3) is 0 Å². The third-order valence-corrected chi connectivity index (χ3v) is 4.54. The Balaban J connectivity index is 1.53. The van der Waals surface area contributed by atoms with Crippen molar-refractivity contribution in [1.29, 1.82) is 0 Å². The molecule has 4 unspecified atom stereocenters. The van der Waals surface area contributed by atoms with E-state index in [2.05, 4.69) is 6.92 Å². The maximum atomic E-state index is 12.0. The van der Waals surface area contributed by atoms with Crippen LogP contribution in [0.4, 0.5) is 0 Å². The highest BCUT2D eigenvalue weighted by molar-refractivity contribution is 5.74. The summed E-state index contributed by atoms with van der Waals surface area (Å²) in [5, 5.41) is 9.72. The summed E-state index contributed by atoms with van der Waals surface area (Å²) in [6.07, 6.45) is 1.48. The van der Waals surface area contributed by atoms with Crippen molar-refractivity contribution in [2.24, 2.45) is 11.3 Å². The molecule has 102 valence electrons. The highest BCUT2D eigenvalue weighted by Gasteiger charge is 2.51. The second kappa shape index (κ2) is 4.47. The van der Waals surface area contributed by atoms with Crippen molar-refractivity contribution in [2.75, 3.05) is 19.8 Å². The quantitative estimate of drug-likeness (QED) is 0.742. The SMILES string of the molecule is CCC1(COC(=O)C2CC3CC(O)C2O3)COC1. The summed E-state index contributed by atoms with van der Waals surface area (Å²) >= 11 is 0. The van der Waals surface area contributed by atoms with Gasteiger partial charge in [0.2, 0.25) is 0 Å². The number of carbonyl (C=O) groups is 1. The molecule has 5 heteroatoms. The van der Waals surface area contributed by atoms with Crippen LogP contribution in [0, 0.1) is 11.3 Å². The van der Waals surface area contributed by atoms with E-state index in [1.54, 1.807) is 0 Å². The average Bonchev–Trinajstić information content (AvgIpc) is 2.86. The molecule has 0 amide bonds. The fourth-order valence-electron chi connectivity index (χ4n) is 3.05. The number of ether oxygens (including phenoxy) is 3. The van der Waals surface area contributed by atoms with Crippen LogP contribution in [0.1, 0.15) is 26.2 Å². The number of hydrogen-bond acceptors (Lipinski definition) is 5. The molecule has 3 fully saturated rings. The molecule has 3 saturated heterocycles. The van der Waals surface area contributed by atoms with E-state index in [-0.39, 0.29) is 29.5 Å². The van der Waals surface area contributed by atoms with E-state index in [9.17, 15) is 9.90 Å². The predicted octanol–water partition coefficient (Wildman–Crippen LogP) is 0.494. The first-order valence-electron chi connectivity index (χ1n) is 6.71. The van der Waals surface area contributed by atoms with Crippen LogP contribution in [0.2, 0.25) is 0 Å². The van der Waals surface area contributed by atoms with Gasteiger partial charge in [-0.25, -0.2) is 0 Å². The molecule has 5 nitrogen and oxygen atoms in total. The van der Waals surface area contributed by atoms with E-state index in [4.69, 9.17) is 14.2 Å². The molecule has 3 aliphatic heterocycles. The Hall–Kier alpha value is -0.650. The molecule has 3 rings (SSSR count). The molecule has 0 aromatic carbocycles. The summed E-state index contributed by atoms with van der Waals surface area (Å²) < 4.78 is 16.2. The lowest BCUT2D eigenvalue weighted by molar-refractivity contribution is -0.176. The Bertz CT molecular complexity index is 333. The number of esters is 1. The van der Waals surface area contributed by atoms with Gasteiger partial charge in [0.25, 0.3) is 0 Å². The number of fused-ring (bicyclic) bond motifs is 2. The normalized spacial score (nSPS) is 40.6. The number of rotatable bonds is 4. The zero-order valence-corrected chi connectivity index (χ0v) is 10.6. The van der Waals surface area contributed by atoms with Gasteiger partial charge in [-0.15, -0.1) is 0 Å². The van der Waals surface area contributed by atoms with Crippen molar-refractivity contribution in [2.45, 2.75) is 44.5 Å². The minimum absolute atomic E-state index is 0.0206. The molecule has 1 N–H and O–H groups in total. The van der Waals surface area contributed by atoms with Gasteiger partial charge in [0.1, 0.15) is 6.61 Å². The summed E-state index contributed by atoms with van der Waals surface area (Å²) in [5.74, 6) is -0.505. The molecular weight excluding hydrogens is 236 g/mol. The Morgan fingerprint density at radius 3 is 2.72 bits per heavy atom. The molecule has 0 radical (unpaired) electrons. The molecule has 0 aromatic rings. The number of aliphatic hydroxyl groups is 1. The average molecular weight is 256 g/mol. The van der Waals surface area contributed by atoms with Crippen LogP contribution in [0.15, 0.2) is 0 Å². The van der Waals surface area contributed by atoms with Crippen molar-refractivity contribution >= 4 is 5.97 Å². The van der Waals surface area contributed by atoms with Gasteiger partial charge in [0.15, 0.2) is 0 Å². The summed E-state index contributed by atoms with van der Waals surface area (Å²) in [5.41, 5.74) is 0.0206. The molecule has 3 aliphatic rings. The Labute approximate surface area is 106 Å². The minimum atomic E-state index is -0.506. The molecular formula is C13H20O5. The Morgan fingerprint density at radius 2 is 2.22 bits per heavy atom. The summed E-state index contributed by atoms with van der Waals surface area (Å²) in [7, 11) is 0. The van der Waals surface area contributed by atoms with E-state index >= 15 is 0 Å². The van der Waals surface area contributed by atoms with Gasteiger partial charge in [0.05, 0.1) is 42.9 Å². The van der Waals surface area contributed by atoms with Crippen molar-refractivity contribution in [1.82, 2.24) is 0 Å². The summed E-state index contributed by atoms with van der Waals surface area (Å²) in [4.78, 5) is 12.0. The maximum absolute atomic E-state index is 12.0. The first-order valence-corrected chi connectivity index (χ1v) is 6.71. The zero-order chi connectivity index (χ0) is 12.8. The zero-order valence-electron chi connectivity index (χ0n) is 10.6. The van der Waals surface area contributed by atoms with Crippen molar-refractivity contribution in [3.8, 4) is 0 Å². The number of aliphatic hydroxyl groups excluding tert-OH is 1. The fourth-order valence-corrected chi connectivity index (χ4v) is 3.05. The maximum Gasteiger partial charge on any atom is 0.311 e. The molecule has 0 saturated carbocycles. The van der Waals surface area contributed by atoms with Gasteiger partial charge in [-0.3, -0.25) is 4.79 Å². The van der Waals surface area contributed by atoms with E-state index in [1.807, 2.05) is 0 Å². The first-order chi connectivity index (χ1) is 8.63. The van der Waals surface area contributed by atoms with Crippen LogP contribution in [0.5, 0.6) is 0 Å². The van der Waals surface area contributed by atoms with Gasteiger partial charge < -0.3 is 19.3 Å². The molecule has 0 aromatic heterocycles. The third kappa shape index (κ3) is 1.94. The Kier molecular flexibility index (Phi) is 3.08. The van der Waals surface area contributed by atoms with Crippen molar-refractivity contribution in [3.63, 3.8) is 0 Å². The van der Waals surface area contributed by atoms with Gasteiger partial charge >= 0.3 is 5.97 Å². The smallest absolute Gasteiger partial charge is 0.311 e. The molecule has 2 bridgehead atoms. The Morgan fingerprint density at radius 1 is 1.44 bits per heavy atom. The number of hydrogen-bond donors (Lipinski definition) is 1. The fraction of sp³-hybridized carbons (Fsp3) is 0.923. The third-order valence-electron chi connectivity index (χ3n) is 4.54. The number of carbonyl (C=O) groups excluding carboxylic acids is 1. The predicted molar refractivity (Wildman–Crippen MR) is 61.9 cm³/mol. The largest absolute Gasteiger partial charge is 0.465 e. The van der Waals surface area contributed by atoms with E-state index in [0.717, 1.165) is 6.42 Å². The summed E-state index contributed by atoms with van der Waals surface area (Å²) in [6.45, 7) is 3.85. The summed E-state index contributed by atoms with van der Waals surface area (Å²) in [6, 6.07) is 0. The van der Waals surface area contributed by atoms with E-state index in [0.29, 0.717) is 32.7 Å². The van der Waals surface area contributed by atoms with E-state index < -0.39 is 6.10 Å². The molecule has 0 aliphatic carbocycles. The molecule has 0 spiro atoms. The second-order valence-corrected chi connectivity index (χ2v) is 5.82. The topological polar surface area (TPSA) is 65.0 Å². The van der Waals surface area contributed by atoms with Gasteiger partial charge in [-0.2, -0.15) is 0 Å². The van der Waals surface area contributed by atoms with E-state index in [1.165, 1.54) is 0 Å². The standard InChI is InChI=1S/C13H20O5/c1-2-13(5-16-6-13)7-17-12(15)9-3-8-4-10(14)11(9)18-8/h8-11,14H,2-7H2,1H3. The van der Waals surface area contributed by atoms with Crippen LogP contribution >= 0.6 is 0 Å². The van der Waals surface area contributed by atoms with Gasteiger partial charge in [0, 0.05) is 6.42 Å². The van der Waals surface area contributed by atoms with Crippen LogP contribution < -0.4 is 0 Å². The highest BCUT2D eigenvalue weighted by Crippen LogP contribution is 2.40. The lowest BCUT2D eigenvalue weighted by Crippen LogP contribution is -2.47. The van der Waals surface area contributed by atoms with Gasteiger partial charge in [-0.1, -0.05) is 6.92 Å². The first kappa shape index (κ1) is 12.4. The monoisotopic (exact) mass is 256 g/mol. The lowest BCUT2D eigenvalue weighted by atomic mass is 9.84. The van der Waals surface area contributed by atoms with Crippen LogP contribution in [-0.4, -0.2) is 49.2 Å². The minimum Gasteiger partial charge on any atom is -0.465 e. The molecule has 3 heterocycles. The van der Waals surface area contributed by atoms with Gasteiger partial charge in [-0.05, 0) is 12.8 Å². The van der Waals surface area contributed by atoms with Crippen LogP contribution in [-0.2, 0) is 19.0 Å². The molecule has 4 atom stereocenters. The second-order valence-electron chi connectivity index (χ2n) is 5.82. The lowest BCUT2D eigenvalue weighted by Gasteiger charge is -2.40. The van der Waals surface area contributed by atoms with Crippen molar-refractivity contribution < 1.29 is 24.1 Å². The van der Waals surface area contributed by atoms with Crippen molar-refractivity contribution in [3.05, 3.63) is 0 Å².